The molecule has 12 heteroatoms. The van der Waals surface area contributed by atoms with Crippen LogP contribution >= 0.6 is 0 Å². The predicted octanol–water partition coefficient (Wildman–Crippen LogP) is 5.35. The van der Waals surface area contributed by atoms with E-state index in [4.69, 9.17) is 4.74 Å². The van der Waals surface area contributed by atoms with Gasteiger partial charge >= 0.3 is 5.51 Å². The molecule has 5 rings (SSSR count). The molecule has 2 amide bonds. The molecule has 4 atom stereocenters. The molecule has 0 spiro atoms. The van der Waals surface area contributed by atoms with Crippen LogP contribution in [-0.4, -0.2) is 38.9 Å². The lowest BCUT2D eigenvalue weighted by atomic mass is 9.87. The Morgan fingerprint density at radius 3 is 2.34 bits per heavy atom. The minimum atomic E-state index is -5.61. The number of benzene rings is 3. The predicted molar refractivity (Wildman–Crippen MR) is 142 cm³/mol. The van der Waals surface area contributed by atoms with Gasteiger partial charge in [-0.3, -0.25) is 9.59 Å². The number of ether oxygens (including phenoxy) is 1. The number of rotatable bonds is 7. The second-order valence-corrected chi connectivity index (χ2v) is 11.8. The number of nitrogens with one attached hydrogen (secondary N) is 2. The standard InChI is InChI=1S/C29H24F4N2O5S/c1-40-24-15-23(30)21(16-6-3-2-4-7-16)14-22(24)27(36)35-26-18-11-10-17(12-18)25(26)28(37)34-19-8-5-9-20(13-19)41(38,39)29(31,32)33/h2-11,13-15,17-18,25-26H,12H2,1H3,(H,34,37)(H,35,36)/t17-,18+,25+,26-/m0/s1. The lowest BCUT2D eigenvalue weighted by Crippen LogP contribution is -2.47. The minimum absolute atomic E-state index is 0.00192. The van der Waals surface area contributed by atoms with Gasteiger partial charge in [0.25, 0.3) is 15.7 Å². The first-order valence-electron chi connectivity index (χ1n) is 12.5. The molecule has 1 saturated carbocycles. The van der Waals surface area contributed by atoms with Crippen LogP contribution in [0, 0.1) is 23.6 Å². The van der Waals surface area contributed by atoms with E-state index in [9.17, 15) is 35.6 Å². The van der Waals surface area contributed by atoms with Gasteiger partial charge in [0, 0.05) is 23.4 Å². The SMILES string of the molecule is COc1cc(F)c(-c2ccccc2)cc1C(=O)N[C@@H]1[C@H](C(=O)Nc2cccc(S(=O)(=O)C(F)(F)F)c2)[C@H]2C=C[C@@H]1C2. The number of amides is 2. The lowest BCUT2D eigenvalue weighted by Gasteiger charge is -2.28. The molecule has 214 valence electrons. The normalized spacial score (nSPS) is 21.5. The summed E-state index contributed by atoms with van der Waals surface area (Å²) in [6.07, 6.45) is 4.28. The summed E-state index contributed by atoms with van der Waals surface area (Å²) in [4.78, 5) is 25.8. The number of sulfone groups is 1. The van der Waals surface area contributed by atoms with Crippen LogP contribution in [0.15, 0.2) is 83.8 Å². The number of alkyl halides is 3. The Kier molecular flexibility index (Phi) is 7.37. The molecule has 2 aliphatic rings. The van der Waals surface area contributed by atoms with Crippen molar-refractivity contribution in [2.75, 3.05) is 12.4 Å². The molecule has 1 fully saturated rings. The Labute approximate surface area is 233 Å². The number of carbonyl (C=O) groups is 2. The van der Waals surface area contributed by atoms with Gasteiger partial charge in [-0.25, -0.2) is 12.8 Å². The van der Waals surface area contributed by atoms with E-state index < -0.39 is 49.8 Å². The van der Waals surface area contributed by atoms with Gasteiger partial charge in [-0.2, -0.15) is 13.2 Å². The van der Waals surface area contributed by atoms with E-state index in [1.54, 1.807) is 30.3 Å². The summed E-state index contributed by atoms with van der Waals surface area (Å²) in [5, 5.41) is 5.38. The molecule has 0 unspecified atom stereocenters. The molecule has 3 aromatic carbocycles. The zero-order chi connectivity index (χ0) is 29.5. The van der Waals surface area contributed by atoms with Crippen LogP contribution in [-0.2, 0) is 14.6 Å². The van der Waals surface area contributed by atoms with Crippen molar-refractivity contribution in [3.63, 3.8) is 0 Å². The van der Waals surface area contributed by atoms with E-state index >= 15 is 0 Å². The molecule has 7 nitrogen and oxygen atoms in total. The molecule has 0 aliphatic heterocycles. The molecule has 2 bridgehead atoms. The zero-order valence-electron chi connectivity index (χ0n) is 21.5. The Bertz CT molecular complexity index is 1640. The Morgan fingerprint density at radius 1 is 0.951 bits per heavy atom. The number of allylic oxidation sites excluding steroid dienone is 1. The lowest BCUT2D eigenvalue weighted by molar-refractivity contribution is -0.121. The fourth-order valence-electron chi connectivity index (χ4n) is 5.45. The Balaban J connectivity index is 1.40. The summed E-state index contributed by atoms with van der Waals surface area (Å²) in [6, 6.07) is 14.4. The first-order chi connectivity index (χ1) is 19.4. The average Bonchev–Trinajstić information content (AvgIpc) is 3.55. The maximum Gasteiger partial charge on any atom is 0.501 e. The van der Waals surface area contributed by atoms with Crippen LogP contribution in [0.4, 0.5) is 23.2 Å². The number of anilines is 1. The smallest absolute Gasteiger partial charge is 0.496 e. The van der Waals surface area contributed by atoms with Crippen molar-refractivity contribution in [3.05, 3.63) is 90.3 Å². The molecular formula is C29H24F4N2O5S. The Hall–Kier alpha value is -4.19. The van der Waals surface area contributed by atoms with Crippen molar-refractivity contribution < 1.29 is 40.3 Å². The van der Waals surface area contributed by atoms with E-state index in [-0.39, 0.29) is 34.4 Å². The fraction of sp³-hybridized carbons (Fsp3) is 0.241. The summed E-state index contributed by atoms with van der Waals surface area (Å²) < 4.78 is 82.8. The first kappa shape index (κ1) is 28.3. The number of hydrogen-bond acceptors (Lipinski definition) is 5. The van der Waals surface area contributed by atoms with E-state index in [0.717, 1.165) is 24.3 Å². The van der Waals surface area contributed by atoms with Gasteiger partial charge < -0.3 is 15.4 Å². The van der Waals surface area contributed by atoms with Crippen molar-refractivity contribution in [3.8, 4) is 16.9 Å². The number of hydrogen-bond donors (Lipinski definition) is 2. The van der Waals surface area contributed by atoms with Crippen LogP contribution in [0.5, 0.6) is 5.75 Å². The van der Waals surface area contributed by atoms with Gasteiger partial charge in [0.1, 0.15) is 11.6 Å². The van der Waals surface area contributed by atoms with Crippen LogP contribution < -0.4 is 15.4 Å². The highest BCUT2D eigenvalue weighted by atomic mass is 32.2. The first-order valence-corrected chi connectivity index (χ1v) is 14.0. The van der Waals surface area contributed by atoms with E-state index in [0.29, 0.717) is 12.0 Å². The van der Waals surface area contributed by atoms with Crippen LogP contribution in [0.1, 0.15) is 16.8 Å². The summed E-state index contributed by atoms with van der Waals surface area (Å²) in [7, 11) is -4.31. The van der Waals surface area contributed by atoms with Gasteiger partial charge in [-0.05, 0) is 48.1 Å². The fourth-order valence-corrected chi connectivity index (χ4v) is 6.25. The summed E-state index contributed by atoms with van der Waals surface area (Å²) in [5.41, 5.74) is -4.83. The van der Waals surface area contributed by atoms with Gasteiger partial charge in [0.15, 0.2) is 0 Å². The van der Waals surface area contributed by atoms with Crippen LogP contribution in [0.25, 0.3) is 11.1 Å². The van der Waals surface area contributed by atoms with Crippen LogP contribution in [0.3, 0.4) is 0 Å². The van der Waals surface area contributed by atoms with Gasteiger partial charge in [-0.1, -0.05) is 48.6 Å². The second-order valence-electron chi connectivity index (χ2n) is 9.84. The molecule has 2 N–H and O–H groups in total. The van der Waals surface area contributed by atoms with E-state index in [2.05, 4.69) is 10.6 Å². The largest absolute Gasteiger partial charge is 0.501 e. The third kappa shape index (κ3) is 5.31. The molecule has 0 aromatic heterocycles. The Morgan fingerprint density at radius 2 is 1.66 bits per heavy atom. The van der Waals surface area contributed by atoms with Gasteiger partial charge in [-0.15, -0.1) is 0 Å². The molecular weight excluding hydrogens is 564 g/mol. The summed E-state index contributed by atoms with van der Waals surface area (Å²) in [5.74, 6) is -3.02. The van der Waals surface area contributed by atoms with Crippen molar-refractivity contribution in [1.29, 1.82) is 0 Å². The van der Waals surface area contributed by atoms with Gasteiger partial charge in [0.05, 0.1) is 23.5 Å². The van der Waals surface area contributed by atoms with Crippen molar-refractivity contribution >= 4 is 27.3 Å². The summed E-state index contributed by atoms with van der Waals surface area (Å²) in [6.45, 7) is 0. The number of halogens is 4. The molecule has 3 aromatic rings. The van der Waals surface area contributed by atoms with Crippen molar-refractivity contribution in [2.24, 2.45) is 17.8 Å². The monoisotopic (exact) mass is 588 g/mol. The summed E-state index contributed by atoms with van der Waals surface area (Å²) >= 11 is 0. The third-order valence-electron chi connectivity index (χ3n) is 7.39. The second kappa shape index (κ2) is 10.7. The van der Waals surface area contributed by atoms with E-state index in [1.165, 1.54) is 19.2 Å². The topological polar surface area (TPSA) is 102 Å². The number of carbonyl (C=O) groups excluding carboxylic acids is 2. The maximum atomic E-state index is 14.9. The molecule has 2 aliphatic carbocycles. The molecule has 0 saturated heterocycles. The number of methoxy groups -OCH3 is 1. The average molecular weight is 589 g/mol. The third-order valence-corrected chi connectivity index (χ3v) is 8.88. The number of fused-ring (bicyclic) bond motifs is 2. The molecule has 41 heavy (non-hydrogen) atoms. The highest BCUT2D eigenvalue weighted by molar-refractivity contribution is 7.92. The van der Waals surface area contributed by atoms with Crippen molar-refractivity contribution in [2.45, 2.75) is 22.9 Å². The van der Waals surface area contributed by atoms with E-state index in [1.807, 2.05) is 12.2 Å². The van der Waals surface area contributed by atoms with Crippen LogP contribution in [0.2, 0.25) is 0 Å². The molecule has 0 heterocycles. The molecule has 0 radical (unpaired) electrons. The van der Waals surface area contributed by atoms with Gasteiger partial charge in [0.2, 0.25) is 5.91 Å². The highest BCUT2D eigenvalue weighted by Crippen LogP contribution is 2.45. The maximum absolute atomic E-state index is 14.9. The highest BCUT2D eigenvalue weighted by Gasteiger charge is 2.49. The van der Waals surface area contributed by atoms with Crippen molar-refractivity contribution in [1.82, 2.24) is 5.32 Å². The zero-order valence-corrected chi connectivity index (χ0v) is 22.3. The minimum Gasteiger partial charge on any atom is -0.496 e. The quantitative estimate of drug-likeness (QED) is 0.286.